The van der Waals surface area contributed by atoms with E-state index < -0.39 is 23.8 Å². The number of carbonyl (C=O) groups excluding carboxylic acids is 4. The molecule has 1 aliphatic heterocycles. The summed E-state index contributed by atoms with van der Waals surface area (Å²) in [5.41, 5.74) is 1.14. The second kappa shape index (κ2) is 15.4. The lowest BCUT2D eigenvalue weighted by molar-refractivity contribution is -0.138. The van der Waals surface area contributed by atoms with E-state index >= 15 is 0 Å². The Hall–Kier alpha value is -4.08. The Balaban J connectivity index is 1.56. The van der Waals surface area contributed by atoms with Gasteiger partial charge in [-0.05, 0) is 62.8 Å². The number of hydrogen-bond donors (Lipinski definition) is 3. The quantitative estimate of drug-likeness (QED) is 0.363. The first-order chi connectivity index (χ1) is 20.4. The van der Waals surface area contributed by atoms with Crippen LogP contribution in [0.2, 0.25) is 0 Å². The van der Waals surface area contributed by atoms with E-state index in [1.807, 2.05) is 68.4 Å². The molecular weight excluding hydrogens is 548 g/mol. The number of amides is 4. The third-order valence-electron chi connectivity index (χ3n) is 7.32. The molecule has 0 radical (unpaired) electrons. The van der Waals surface area contributed by atoms with Crippen molar-refractivity contribution in [1.82, 2.24) is 20.9 Å². The number of nitrogens with zero attached hydrogens (tertiary/aromatic N) is 1. The SMILES string of the molecule is COc1ccc(CNC(=O)C(NC(=O)C2CCN(C(=O)C(Cc3ccccc3)NC(=O)OC(C)(C)C)CC2)C(C)C)cc1. The van der Waals surface area contributed by atoms with E-state index in [0.29, 0.717) is 38.9 Å². The number of rotatable bonds is 11. The molecule has 0 aromatic heterocycles. The molecule has 1 fully saturated rings. The minimum Gasteiger partial charge on any atom is -0.497 e. The highest BCUT2D eigenvalue weighted by Crippen LogP contribution is 2.20. The van der Waals surface area contributed by atoms with Crippen molar-refractivity contribution < 1.29 is 28.7 Å². The lowest BCUT2D eigenvalue weighted by Gasteiger charge is -2.35. The molecular formula is C33H46N4O6. The van der Waals surface area contributed by atoms with Crippen molar-refractivity contribution in [1.29, 1.82) is 0 Å². The molecule has 2 atom stereocenters. The molecule has 0 spiro atoms. The molecule has 4 amide bonds. The van der Waals surface area contributed by atoms with Gasteiger partial charge in [0.2, 0.25) is 17.7 Å². The fraction of sp³-hybridized carbons (Fsp3) is 0.515. The smallest absolute Gasteiger partial charge is 0.408 e. The molecule has 10 nitrogen and oxygen atoms in total. The van der Waals surface area contributed by atoms with Crippen LogP contribution in [-0.2, 0) is 32.1 Å². The molecule has 1 heterocycles. The average Bonchev–Trinajstić information content (AvgIpc) is 2.97. The predicted molar refractivity (Wildman–Crippen MR) is 164 cm³/mol. The van der Waals surface area contributed by atoms with Crippen LogP contribution in [0.25, 0.3) is 0 Å². The van der Waals surface area contributed by atoms with Crippen molar-refractivity contribution >= 4 is 23.8 Å². The molecule has 3 rings (SSSR count). The van der Waals surface area contributed by atoms with Gasteiger partial charge in [0.15, 0.2) is 0 Å². The van der Waals surface area contributed by atoms with Crippen molar-refractivity contribution in [2.24, 2.45) is 11.8 Å². The molecule has 2 unspecified atom stereocenters. The maximum atomic E-state index is 13.6. The standard InChI is InChI=1S/C33H46N4O6/c1-22(2)28(30(39)34-21-24-12-14-26(42-6)15-13-24)36-29(38)25-16-18-37(19-17-25)31(40)27(20-23-10-8-7-9-11-23)35-32(41)43-33(3,4)5/h7-15,22,25,27-28H,16-21H2,1-6H3,(H,34,39)(H,35,41)(H,36,38). The highest BCUT2D eigenvalue weighted by molar-refractivity contribution is 5.89. The Morgan fingerprint density at radius 1 is 0.907 bits per heavy atom. The Kier molecular flexibility index (Phi) is 12.0. The Bertz CT molecular complexity index is 1220. The van der Waals surface area contributed by atoms with Gasteiger partial charge < -0.3 is 30.3 Å². The first-order valence-electron chi connectivity index (χ1n) is 14.9. The third kappa shape index (κ3) is 10.6. The monoisotopic (exact) mass is 594 g/mol. The lowest BCUT2D eigenvalue weighted by Crippen LogP contribution is -2.54. The first-order valence-corrected chi connectivity index (χ1v) is 14.9. The molecule has 10 heteroatoms. The van der Waals surface area contributed by atoms with Gasteiger partial charge in [0.25, 0.3) is 0 Å². The van der Waals surface area contributed by atoms with Crippen LogP contribution in [0.1, 0.15) is 58.6 Å². The largest absolute Gasteiger partial charge is 0.497 e. The maximum absolute atomic E-state index is 13.6. The van der Waals surface area contributed by atoms with Crippen molar-refractivity contribution in [3.05, 3.63) is 65.7 Å². The summed E-state index contributed by atoms with van der Waals surface area (Å²) in [6.07, 6.45) is 0.586. The van der Waals surface area contributed by atoms with Crippen molar-refractivity contribution in [2.75, 3.05) is 20.2 Å². The van der Waals surface area contributed by atoms with Gasteiger partial charge in [-0.15, -0.1) is 0 Å². The molecule has 0 saturated carbocycles. The number of hydrogen-bond acceptors (Lipinski definition) is 6. The molecule has 1 saturated heterocycles. The molecule has 234 valence electrons. The molecule has 2 aromatic carbocycles. The highest BCUT2D eigenvalue weighted by Gasteiger charge is 2.34. The average molecular weight is 595 g/mol. The van der Waals surface area contributed by atoms with Gasteiger partial charge in [0.1, 0.15) is 23.4 Å². The number of ether oxygens (including phenoxy) is 2. The summed E-state index contributed by atoms with van der Waals surface area (Å²) < 4.78 is 10.6. The minimum absolute atomic E-state index is 0.112. The predicted octanol–water partition coefficient (Wildman–Crippen LogP) is 3.83. The fourth-order valence-corrected chi connectivity index (χ4v) is 4.93. The van der Waals surface area contributed by atoms with E-state index in [1.165, 1.54) is 0 Å². The summed E-state index contributed by atoms with van der Waals surface area (Å²) in [5, 5.41) is 8.61. The lowest BCUT2D eigenvalue weighted by atomic mass is 9.93. The molecule has 43 heavy (non-hydrogen) atoms. The van der Waals surface area contributed by atoms with Crippen LogP contribution in [-0.4, -0.2) is 66.6 Å². The number of carbonyl (C=O) groups is 4. The molecule has 0 aliphatic carbocycles. The summed E-state index contributed by atoms with van der Waals surface area (Å²) in [6, 6.07) is 15.4. The second-order valence-corrected chi connectivity index (χ2v) is 12.3. The van der Waals surface area contributed by atoms with Gasteiger partial charge in [0.05, 0.1) is 7.11 Å². The van der Waals surface area contributed by atoms with Gasteiger partial charge in [-0.2, -0.15) is 0 Å². The van der Waals surface area contributed by atoms with Crippen LogP contribution in [0, 0.1) is 11.8 Å². The number of piperidine rings is 1. The number of alkyl carbamates (subject to hydrolysis) is 1. The van der Waals surface area contributed by atoms with Gasteiger partial charge in [0, 0.05) is 32.0 Å². The van der Waals surface area contributed by atoms with Crippen LogP contribution in [0.5, 0.6) is 5.75 Å². The summed E-state index contributed by atoms with van der Waals surface area (Å²) in [7, 11) is 1.60. The third-order valence-corrected chi connectivity index (χ3v) is 7.32. The van der Waals surface area contributed by atoms with Crippen LogP contribution >= 0.6 is 0 Å². The molecule has 3 N–H and O–H groups in total. The summed E-state index contributed by atoms with van der Waals surface area (Å²) >= 11 is 0. The Morgan fingerprint density at radius 3 is 2.09 bits per heavy atom. The Morgan fingerprint density at radius 2 is 1.53 bits per heavy atom. The maximum Gasteiger partial charge on any atom is 0.408 e. The van der Waals surface area contributed by atoms with Crippen molar-refractivity contribution in [3.63, 3.8) is 0 Å². The topological polar surface area (TPSA) is 126 Å². The van der Waals surface area contributed by atoms with E-state index in [9.17, 15) is 19.2 Å². The second-order valence-electron chi connectivity index (χ2n) is 12.3. The highest BCUT2D eigenvalue weighted by atomic mass is 16.6. The summed E-state index contributed by atoms with van der Waals surface area (Å²) in [6.45, 7) is 10.2. The van der Waals surface area contributed by atoms with Gasteiger partial charge in [-0.25, -0.2) is 4.79 Å². The minimum atomic E-state index is -0.803. The van der Waals surface area contributed by atoms with Crippen LogP contribution in [0.15, 0.2) is 54.6 Å². The van der Waals surface area contributed by atoms with Crippen LogP contribution < -0.4 is 20.7 Å². The van der Waals surface area contributed by atoms with Gasteiger partial charge in [-0.3, -0.25) is 14.4 Å². The normalized spacial score (nSPS) is 15.3. The van der Waals surface area contributed by atoms with E-state index in [2.05, 4.69) is 16.0 Å². The number of benzene rings is 2. The van der Waals surface area contributed by atoms with Crippen LogP contribution in [0.3, 0.4) is 0 Å². The summed E-state index contributed by atoms with van der Waals surface area (Å²) in [5.74, 6) is -0.361. The zero-order valence-electron chi connectivity index (χ0n) is 26.1. The molecule has 1 aliphatic rings. The first kappa shape index (κ1) is 33.4. The van der Waals surface area contributed by atoms with Crippen LogP contribution in [0.4, 0.5) is 4.79 Å². The van der Waals surface area contributed by atoms with E-state index in [1.54, 1.807) is 32.8 Å². The van der Waals surface area contributed by atoms with E-state index in [4.69, 9.17) is 9.47 Å². The van der Waals surface area contributed by atoms with E-state index in [-0.39, 0.29) is 29.6 Å². The fourth-order valence-electron chi connectivity index (χ4n) is 4.93. The van der Waals surface area contributed by atoms with Crippen molar-refractivity contribution in [3.8, 4) is 5.75 Å². The summed E-state index contributed by atoms with van der Waals surface area (Å²) in [4.78, 5) is 54.0. The molecule has 0 bridgehead atoms. The van der Waals surface area contributed by atoms with Crippen molar-refractivity contribution in [2.45, 2.75) is 78.1 Å². The number of nitrogens with one attached hydrogen (secondary N) is 3. The van der Waals surface area contributed by atoms with Gasteiger partial charge >= 0.3 is 6.09 Å². The number of methoxy groups -OCH3 is 1. The number of likely N-dealkylation sites (tertiary alicyclic amines) is 1. The van der Waals surface area contributed by atoms with Gasteiger partial charge in [-0.1, -0.05) is 56.3 Å². The van der Waals surface area contributed by atoms with E-state index in [0.717, 1.165) is 16.9 Å². The zero-order valence-corrected chi connectivity index (χ0v) is 26.1. The molecule has 2 aromatic rings. The zero-order chi connectivity index (χ0) is 31.6. The Labute approximate surface area is 254 Å².